The average Bonchev–Trinajstić information content (AvgIpc) is 2.01. The van der Waals surface area contributed by atoms with E-state index in [-0.39, 0.29) is 12.2 Å². The molecular weight excluding hydrogens is 168 g/mol. The van der Waals surface area contributed by atoms with Crippen LogP contribution >= 0.6 is 0 Å². The zero-order chi connectivity index (χ0) is 10.3. The van der Waals surface area contributed by atoms with E-state index in [0.717, 1.165) is 0 Å². The van der Waals surface area contributed by atoms with Crippen LogP contribution in [0.1, 0.15) is 27.2 Å². The van der Waals surface area contributed by atoms with Gasteiger partial charge in [-0.3, -0.25) is 9.59 Å². The van der Waals surface area contributed by atoms with Crippen molar-refractivity contribution < 1.29 is 14.3 Å². The van der Waals surface area contributed by atoms with E-state index in [4.69, 9.17) is 0 Å². The van der Waals surface area contributed by atoms with Crippen molar-refractivity contribution in [1.29, 1.82) is 0 Å². The quantitative estimate of drug-likeness (QED) is 0.371. The second-order valence-corrected chi connectivity index (χ2v) is 3.05. The SMILES string of the molecule is CCOC(=O)CC(=O)/C=C/C(C)C. The molecule has 0 aromatic rings. The van der Waals surface area contributed by atoms with Crippen LogP contribution in [0.15, 0.2) is 12.2 Å². The topological polar surface area (TPSA) is 43.4 Å². The highest BCUT2D eigenvalue weighted by molar-refractivity contribution is 6.01. The number of esters is 1. The molecule has 0 amide bonds. The van der Waals surface area contributed by atoms with Crippen LogP contribution in [0.3, 0.4) is 0 Å². The third-order valence-electron chi connectivity index (χ3n) is 1.29. The summed E-state index contributed by atoms with van der Waals surface area (Å²) >= 11 is 0. The van der Waals surface area contributed by atoms with Gasteiger partial charge in [-0.25, -0.2) is 0 Å². The van der Waals surface area contributed by atoms with Gasteiger partial charge in [0.1, 0.15) is 6.42 Å². The van der Waals surface area contributed by atoms with Crippen LogP contribution < -0.4 is 0 Å². The first-order valence-corrected chi connectivity index (χ1v) is 4.43. The van der Waals surface area contributed by atoms with Crippen LogP contribution in [0.4, 0.5) is 0 Å². The first-order valence-electron chi connectivity index (χ1n) is 4.43. The number of allylic oxidation sites excluding steroid dienone is 2. The van der Waals surface area contributed by atoms with Crippen LogP contribution in [0, 0.1) is 5.92 Å². The van der Waals surface area contributed by atoms with Gasteiger partial charge in [-0.15, -0.1) is 0 Å². The minimum absolute atomic E-state index is 0.156. The molecule has 0 N–H and O–H groups in total. The van der Waals surface area contributed by atoms with Crippen molar-refractivity contribution in [2.75, 3.05) is 6.61 Å². The van der Waals surface area contributed by atoms with Crippen molar-refractivity contribution in [3.05, 3.63) is 12.2 Å². The number of rotatable bonds is 5. The van der Waals surface area contributed by atoms with Gasteiger partial charge in [0, 0.05) is 0 Å². The number of hydrogen-bond acceptors (Lipinski definition) is 3. The molecule has 3 nitrogen and oxygen atoms in total. The van der Waals surface area contributed by atoms with Gasteiger partial charge in [0.25, 0.3) is 0 Å². The van der Waals surface area contributed by atoms with Crippen LogP contribution in [0.2, 0.25) is 0 Å². The molecule has 0 rings (SSSR count). The van der Waals surface area contributed by atoms with E-state index in [1.165, 1.54) is 6.08 Å². The monoisotopic (exact) mass is 184 g/mol. The first kappa shape index (κ1) is 11.9. The third-order valence-corrected chi connectivity index (χ3v) is 1.29. The molecule has 0 aromatic heterocycles. The molecule has 0 aliphatic rings. The minimum atomic E-state index is -0.457. The number of carbonyl (C=O) groups excluding carboxylic acids is 2. The lowest BCUT2D eigenvalue weighted by Gasteiger charge is -1.98. The number of ether oxygens (including phenoxy) is 1. The Morgan fingerprint density at radius 1 is 1.38 bits per heavy atom. The van der Waals surface area contributed by atoms with Gasteiger partial charge in [0.2, 0.25) is 0 Å². The molecule has 0 radical (unpaired) electrons. The molecule has 74 valence electrons. The summed E-state index contributed by atoms with van der Waals surface area (Å²) in [5.41, 5.74) is 0. The van der Waals surface area contributed by atoms with E-state index in [1.807, 2.05) is 13.8 Å². The molecule has 0 atom stereocenters. The predicted octanol–water partition coefficient (Wildman–Crippen LogP) is 1.72. The Morgan fingerprint density at radius 3 is 2.46 bits per heavy atom. The Bertz CT molecular complexity index is 204. The van der Waals surface area contributed by atoms with Crippen LogP contribution in [0.5, 0.6) is 0 Å². The van der Waals surface area contributed by atoms with Crippen LogP contribution in [0.25, 0.3) is 0 Å². The fraction of sp³-hybridized carbons (Fsp3) is 0.600. The van der Waals surface area contributed by atoms with Crippen molar-refractivity contribution in [2.24, 2.45) is 5.92 Å². The molecule has 0 saturated heterocycles. The number of carbonyl (C=O) groups is 2. The molecule has 0 fully saturated rings. The molecule has 0 heterocycles. The summed E-state index contributed by atoms with van der Waals surface area (Å²) in [5, 5.41) is 0. The van der Waals surface area contributed by atoms with Gasteiger partial charge in [0.05, 0.1) is 6.61 Å². The minimum Gasteiger partial charge on any atom is -0.466 e. The van der Waals surface area contributed by atoms with Crippen LogP contribution in [-0.4, -0.2) is 18.4 Å². The summed E-state index contributed by atoms with van der Waals surface area (Å²) in [7, 11) is 0. The summed E-state index contributed by atoms with van der Waals surface area (Å²) in [6, 6.07) is 0. The number of hydrogen-bond donors (Lipinski definition) is 0. The van der Waals surface area contributed by atoms with Crippen molar-refractivity contribution in [1.82, 2.24) is 0 Å². The Balaban J connectivity index is 3.81. The largest absolute Gasteiger partial charge is 0.466 e. The van der Waals surface area contributed by atoms with E-state index in [2.05, 4.69) is 4.74 Å². The maximum atomic E-state index is 11.0. The third kappa shape index (κ3) is 7.25. The highest BCUT2D eigenvalue weighted by Gasteiger charge is 2.06. The highest BCUT2D eigenvalue weighted by atomic mass is 16.5. The first-order chi connectivity index (χ1) is 6.06. The Labute approximate surface area is 78.8 Å². The second kappa shape index (κ2) is 6.40. The van der Waals surface area contributed by atoms with Crippen LogP contribution in [-0.2, 0) is 14.3 Å². The summed E-state index contributed by atoms with van der Waals surface area (Å²) in [6.07, 6.45) is 3.04. The second-order valence-electron chi connectivity index (χ2n) is 3.05. The Kier molecular flexibility index (Phi) is 5.85. The standard InChI is InChI=1S/C10H16O3/c1-4-13-10(12)7-9(11)6-5-8(2)3/h5-6,8H,4,7H2,1-3H3/b6-5+. The Morgan fingerprint density at radius 2 is 2.00 bits per heavy atom. The summed E-state index contributed by atoms with van der Waals surface area (Å²) in [6.45, 7) is 5.97. The van der Waals surface area contributed by atoms with Gasteiger partial charge >= 0.3 is 5.97 Å². The molecule has 0 aliphatic heterocycles. The fourth-order valence-electron chi connectivity index (χ4n) is 0.713. The van der Waals surface area contributed by atoms with E-state index in [1.54, 1.807) is 13.0 Å². The molecule has 0 unspecified atom stereocenters. The van der Waals surface area contributed by atoms with E-state index < -0.39 is 5.97 Å². The average molecular weight is 184 g/mol. The lowest BCUT2D eigenvalue weighted by molar-refractivity contribution is -0.144. The molecule has 0 spiro atoms. The highest BCUT2D eigenvalue weighted by Crippen LogP contribution is 1.96. The van der Waals surface area contributed by atoms with Crippen molar-refractivity contribution >= 4 is 11.8 Å². The van der Waals surface area contributed by atoms with Crippen molar-refractivity contribution in [3.8, 4) is 0 Å². The molecule has 0 saturated carbocycles. The smallest absolute Gasteiger partial charge is 0.313 e. The summed E-state index contributed by atoms with van der Waals surface area (Å²) in [5.74, 6) is -0.334. The lowest BCUT2D eigenvalue weighted by atomic mass is 10.1. The van der Waals surface area contributed by atoms with Crippen molar-refractivity contribution in [2.45, 2.75) is 27.2 Å². The molecular formula is C10H16O3. The van der Waals surface area contributed by atoms with Gasteiger partial charge < -0.3 is 4.74 Å². The molecule has 13 heavy (non-hydrogen) atoms. The summed E-state index contributed by atoms with van der Waals surface area (Å²) < 4.78 is 4.63. The van der Waals surface area contributed by atoms with Gasteiger partial charge in [-0.2, -0.15) is 0 Å². The zero-order valence-electron chi connectivity index (χ0n) is 8.37. The maximum Gasteiger partial charge on any atom is 0.313 e. The molecule has 3 heteroatoms. The van der Waals surface area contributed by atoms with E-state index in [9.17, 15) is 9.59 Å². The predicted molar refractivity (Wildman–Crippen MR) is 50.2 cm³/mol. The number of ketones is 1. The maximum absolute atomic E-state index is 11.0. The van der Waals surface area contributed by atoms with E-state index >= 15 is 0 Å². The summed E-state index contributed by atoms with van der Waals surface area (Å²) in [4.78, 5) is 21.9. The lowest BCUT2D eigenvalue weighted by Crippen LogP contribution is -2.09. The molecule has 0 aromatic carbocycles. The van der Waals surface area contributed by atoms with E-state index in [0.29, 0.717) is 12.5 Å². The Hall–Kier alpha value is -1.12. The fourth-order valence-corrected chi connectivity index (χ4v) is 0.713. The van der Waals surface area contributed by atoms with Gasteiger partial charge in [-0.1, -0.05) is 19.9 Å². The van der Waals surface area contributed by atoms with Gasteiger partial charge in [-0.05, 0) is 18.9 Å². The zero-order valence-corrected chi connectivity index (χ0v) is 8.37. The van der Waals surface area contributed by atoms with Gasteiger partial charge in [0.15, 0.2) is 5.78 Å². The molecule has 0 bridgehead atoms. The van der Waals surface area contributed by atoms with Crippen molar-refractivity contribution in [3.63, 3.8) is 0 Å². The normalized spacial score (nSPS) is 10.8. The molecule has 0 aliphatic carbocycles.